The second-order valence-electron chi connectivity index (χ2n) is 9.06. The Morgan fingerprint density at radius 1 is 1.09 bits per heavy atom. The van der Waals surface area contributed by atoms with E-state index < -0.39 is 5.54 Å². The lowest BCUT2D eigenvalue weighted by Crippen LogP contribution is -2.52. The SMILES string of the molecule is COc1cc(CN2CCC(NC(C)=O)(c3ccc(F)cc3)CC2)ccc1OC1CCCC1. The molecule has 0 radical (unpaired) electrons. The van der Waals surface area contributed by atoms with Gasteiger partial charge in [0.05, 0.1) is 18.8 Å². The second kappa shape index (κ2) is 9.90. The van der Waals surface area contributed by atoms with Crippen LogP contribution in [0.2, 0.25) is 0 Å². The van der Waals surface area contributed by atoms with Crippen LogP contribution < -0.4 is 14.8 Å². The van der Waals surface area contributed by atoms with Gasteiger partial charge in [-0.15, -0.1) is 0 Å². The second-order valence-corrected chi connectivity index (χ2v) is 9.06. The number of ether oxygens (including phenoxy) is 2. The van der Waals surface area contributed by atoms with Crippen molar-refractivity contribution in [2.24, 2.45) is 0 Å². The van der Waals surface area contributed by atoms with E-state index in [1.54, 1.807) is 26.2 Å². The summed E-state index contributed by atoms with van der Waals surface area (Å²) in [5, 5.41) is 3.15. The van der Waals surface area contributed by atoms with E-state index in [-0.39, 0.29) is 11.7 Å². The first-order valence-corrected chi connectivity index (χ1v) is 11.6. The third-order valence-corrected chi connectivity index (χ3v) is 6.75. The Balaban J connectivity index is 1.42. The van der Waals surface area contributed by atoms with Crippen LogP contribution in [0.4, 0.5) is 4.39 Å². The van der Waals surface area contributed by atoms with Crippen LogP contribution >= 0.6 is 0 Å². The minimum Gasteiger partial charge on any atom is -0.493 e. The number of methoxy groups -OCH3 is 1. The third-order valence-electron chi connectivity index (χ3n) is 6.75. The molecular weight excluding hydrogens is 407 g/mol. The zero-order valence-electron chi connectivity index (χ0n) is 19.0. The highest BCUT2D eigenvalue weighted by atomic mass is 19.1. The van der Waals surface area contributed by atoms with E-state index in [0.29, 0.717) is 6.10 Å². The van der Waals surface area contributed by atoms with Crippen molar-refractivity contribution >= 4 is 5.91 Å². The zero-order chi connectivity index (χ0) is 22.6. The molecule has 1 heterocycles. The van der Waals surface area contributed by atoms with Gasteiger partial charge >= 0.3 is 0 Å². The normalized spacial score (nSPS) is 19.0. The Labute approximate surface area is 189 Å². The Morgan fingerprint density at radius 2 is 1.78 bits per heavy atom. The summed E-state index contributed by atoms with van der Waals surface area (Å²) in [7, 11) is 1.69. The number of rotatable bonds is 7. The van der Waals surface area contributed by atoms with Crippen LogP contribution in [0.3, 0.4) is 0 Å². The van der Waals surface area contributed by atoms with E-state index >= 15 is 0 Å². The van der Waals surface area contributed by atoms with E-state index in [4.69, 9.17) is 9.47 Å². The van der Waals surface area contributed by atoms with Gasteiger partial charge in [-0.05, 0) is 73.9 Å². The largest absolute Gasteiger partial charge is 0.493 e. The van der Waals surface area contributed by atoms with E-state index in [0.717, 1.165) is 62.4 Å². The van der Waals surface area contributed by atoms with Gasteiger partial charge in [-0.1, -0.05) is 18.2 Å². The van der Waals surface area contributed by atoms with Crippen LogP contribution in [-0.2, 0) is 16.9 Å². The summed E-state index contributed by atoms with van der Waals surface area (Å²) in [6.07, 6.45) is 6.54. The standard InChI is InChI=1S/C26H33FN2O3/c1-19(30)28-26(21-8-10-22(27)11-9-21)13-15-29(16-14-26)18-20-7-12-24(25(17-20)31-2)32-23-5-3-4-6-23/h7-12,17,23H,3-6,13-16,18H2,1-2H3,(H,28,30). The highest BCUT2D eigenvalue weighted by Gasteiger charge is 2.37. The maximum atomic E-state index is 13.4. The molecule has 2 aromatic carbocycles. The molecule has 1 aliphatic carbocycles. The van der Waals surface area contributed by atoms with E-state index in [1.807, 2.05) is 6.07 Å². The van der Waals surface area contributed by atoms with Crippen LogP contribution in [0, 0.1) is 5.82 Å². The Kier molecular flexibility index (Phi) is 6.99. The fourth-order valence-electron chi connectivity index (χ4n) is 5.04. The van der Waals surface area contributed by atoms with Gasteiger partial charge in [0, 0.05) is 26.6 Å². The summed E-state index contributed by atoms with van der Waals surface area (Å²) in [4.78, 5) is 14.3. The monoisotopic (exact) mass is 440 g/mol. The first kappa shape index (κ1) is 22.6. The molecule has 1 amide bonds. The number of nitrogens with zero attached hydrogens (tertiary/aromatic N) is 1. The number of nitrogens with one attached hydrogen (secondary N) is 1. The molecule has 5 nitrogen and oxygen atoms in total. The van der Waals surface area contributed by atoms with Crippen molar-refractivity contribution in [3.8, 4) is 11.5 Å². The zero-order valence-corrected chi connectivity index (χ0v) is 19.0. The number of amides is 1. The summed E-state index contributed by atoms with van der Waals surface area (Å²) < 4.78 is 25.2. The highest BCUT2D eigenvalue weighted by Crippen LogP contribution is 2.35. The topological polar surface area (TPSA) is 50.8 Å². The van der Waals surface area contributed by atoms with Gasteiger partial charge in [0.15, 0.2) is 11.5 Å². The molecule has 0 atom stereocenters. The first-order chi connectivity index (χ1) is 15.5. The summed E-state index contributed by atoms with van der Waals surface area (Å²) in [6.45, 7) is 4.01. The van der Waals surface area contributed by atoms with Crippen molar-refractivity contribution in [3.05, 3.63) is 59.4 Å². The van der Waals surface area contributed by atoms with Crippen LogP contribution in [-0.4, -0.2) is 37.1 Å². The maximum absolute atomic E-state index is 13.4. The number of hydrogen-bond donors (Lipinski definition) is 1. The van der Waals surface area contributed by atoms with Gasteiger partial charge in [-0.25, -0.2) is 4.39 Å². The number of halogens is 1. The highest BCUT2D eigenvalue weighted by molar-refractivity contribution is 5.74. The summed E-state index contributed by atoms with van der Waals surface area (Å²) in [5.74, 6) is 1.27. The van der Waals surface area contributed by atoms with Crippen LogP contribution in [0.5, 0.6) is 11.5 Å². The molecule has 0 bridgehead atoms. The van der Waals surface area contributed by atoms with Crippen LogP contribution in [0.1, 0.15) is 56.6 Å². The van der Waals surface area contributed by atoms with Crippen molar-refractivity contribution < 1.29 is 18.7 Å². The fraction of sp³-hybridized carbons (Fsp3) is 0.500. The first-order valence-electron chi connectivity index (χ1n) is 11.6. The quantitative estimate of drug-likeness (QED) is 0.673. The van der Waals surface area contributed by atoms with Crippen molar-refractivity contribution in [1.82, 2.24) is 10.2 Å². The molecule has 1 saturated heterocycles. The van der Waals surface area contributed by atoms with Crippen molar-refractivity contribution in [1.29, 1.82) is 0 Å². The number of carbonyl (C=O) groups excluding carboxylic acids is 1. The molecule has 6 heteroatoms. The van der Waals surface area contributed by atoms with E-state index in [9.17, 15) is 9.18 Å². The lowest BCUT2D eigenvalue weighted by atomic mass is 9.80. The Hall–Kier alpha value is -2.60. The molecule has 2 aliphatic rings. The molecule has 2 fully saturated rings. The maximum Gasteiger partial charge on any atom is 0.217 e. The van der Waals surface area contributed by atoms with E-state index in [2.05, 4.69) is 22.3 Å². The summed E-state index contributed by atoms with van der Waals surface area (Å²) in [6, 6.07) is 12.7. The molecule has 1 saturated carbocycles. The van der Waals surface area contributed by atoms with Gasteiger partial charge in [-0.2, -0.15) is 0 Å². The van der Waals surface area contributed by atoms with Crippen molar-refractivity contribution in [2.45, 2.75) is 63.6 Å². The van der Waals surface area contributed by atoms with Gasteiger partial charge in [0.25, 0.3) is 0 Å². The van der Waals surface area contributed by atoms with Gasteiger partial charge in [0.1, 0.15) is 5.82 Å². The summed E-state index contributed by atoms with van der Waals surface area (Å²) >= 11 is 0. The number of benzene rings is 2. The molecule has 0 spiro atoms. The van der Waals surface area contributed by atoms with Crippen LogP contribution in [0.25, 0.3) is 0 Å². The minimum atomic E-state index is -0.452. The lowest BCUT2D eigenvalue weighted by molar-refractivity contribution is -0.121. The molecule has 2 aromatic rings. The Bertz CT molecular complexity index is 917. The van der Waals surface area contributed by atoms with Crippen LogP contribution in [0.15, 0.2) is 42.5 Å². The molecule has 1 aliphatic heterocycles. The van der Waals surface area contributed by atoms with Gasteiger partial charge in [-0.3, -0.25) is 9.69 Å². The fourth-order valence-corrected chi connectivity index (χ4v) is 5.04. The molecule has 32 heavy (non-hydrogen) atoms. The third kappa shape index (κ3) is 5.23. The van der Waals surface area contributed by atoms with Gasteiger partial charge < -0.3 is 14.8 Å². The smallest absolute Gasteiger partial charge is 0.217 e. The molecular formula is C26H33FN2O3. The van der Waals surface area contributed by atoms with Crippen molar-refractivity contribution in [3.63, 3.8) is 0 Å². The molecule has 172 valence electrons. The summed E-state index contributed by atoms with van der Waals surface area (Å²) in [5.41, 5.74) is 1.69. The average Bonchev–Trinajstić information content (AvgIpc) is 3.29. The van der Waals surface area contributed by atoms with E-state index in [1.165, 1.54) is 30.5 Å². The van der Waals surface area contributed by atoms with Gasteiger partial charge in [0.2, 0.25) is 5.91 Å². The number of carbonyl (C=O) groups is 1. The van der Waals surface area contributed by atoms with Crippen molar-refractivity contribution in [2.75, 3.05) is 20.2 Å². The molecule has 4 rings (SSSR count). The Morgan fingerprint density at radius 3 is 2.41 bits per heavy atom. The minimum absolute atomic E-state index is 0.0645. The number of hydrogen-bond acceptors (Lipinski definition) is 4. The lowest BCUT2D eigenvalue weighted by Gasteiger charge is -2.42. The molecule has 0 unspecified atom stereocenters. The number of likely N-dealkylation sites (tertiary alicyclic amines) is 1. The molecule has 1 N–H and O–H groups in total. The molecule has 0 aromatic heterocycles. The number of piperidine rings is 1. The average molecular weight is 441 g/mol. The predicted octanol–water partition coefficient (Wildman–Crippen LogP) is 4.78. The predicted molar refractivity (Wildman–Crippen MR) is 122 cm³/mol.